The average Bonchev–Trinajstić information content (AvgIpc) is 3.99. The lowest BCUT2D eigenvalue weighted by atomic mass is 9.67. The number of ether oxygens (including phenoxy) is 4. The van der Waals surface area contributed by atoms with Crippen LogP contribution in [0, 0.1) is 0 Å². The van der Waals surface area contributed by atoms with E-state index in [1.807, 2.05) is 36.4 Å². The number of rotatable bonds is 14. The Morgan fingerprint density at radius 2 is 0.949 bits per heavy atom. The molecule has 0 bridgehead atoms. The molecule has 1 aliphatic rings. The van der Waals surface area contributed by atoms with Gasteiger partial charge < -0.3 is 18.9 Å². The first-order valence-electron chi connectivity index (χ1n) is 19.0. The molecule has 0 amide bonds. The summed E-state index contributed by atoms with van der Waals surface area (Å²) in [6, 6.07) is 45.7. The minimum absolute atomic E-state index is 0.0429. The first-order chi connectivity index (χ1) is 29.0. The van der Waals surface area contributed by atoms with Crippen LogP contribution in [0.5, 0.6) is 11.5 Å². The molecule has 0 saturated heterocycles. The van der Waals surface area contributed by atoms with Gasteiger partial charge in [0.1, 0.15) is 47.9 Å². The summed E-state index contributed by atoms with van der Waals surface area (Å²) in [6.07, 6.45) is 2.28. The normalized spacial score (nSPS) is 12.4. The molecule has 0 saturated carbocycles. The second-order valence-electron chi connectivity index (χ2n) is 13.7. The van der Waals surface area contributed by atoms with Crippen LogP contribution in [0.4, 0.5) is 0 Å². The maximum atomic E-state index is 11.9. The third-order valence-corrected chi connectivity index (χ3v) is 12.5. The smallest absolute Gasteiger partial charge is 0.330 e. The molecule has 1 aliphatic carbocycles. The first kappa shape index (κ1) is 37.7. The number of esters is 2. The molecule has 0 spiro atoms. The molecule has 0 aliphatic heterocycles. The molecular formula is C49H36N2O6S2. The van der Waals surface area contributed by atoms with Crippen LogP contribution in [0.15, 0.2) is 159 Å². The van der Waals surface area contributed by atoms with Gasteiger partial charge in [-0.2, -0.15) is 0 Å². The van der Waals surface area contributed by atoms with E-state index in [0.717, 1.165) is 87.1 Å². The molecule has 0 radical (unpaired) electrons. The minimum Gasteiger partial charge on any atom is -0.489 e. The predicted octanol–water partition coefficient (Wildman–Crippen LogP) is 10.8. The average molecular weight is 813 g/mol. The number of benzene rings is 6. The van der Waals surface area contributed by atoms with Crippen LogP contribution in [0.25, 0.3) is 52.7 Å². The molecule has 0 N–H and O–H groups in total. The maximum Gasteiger partial charge on any atom is 0.330 e. The summed E-state index contributed by atoms with van der Waals surface area (Å²) in [5, 5.41) is 1.62. The van der Waals surface area contributed by atoms with E-state index in [1.54, 1.807) is 22.7 Å². The van der Waals surface area contributed by atoms with Crippen molar-refractivity contribution in [3.05, 3.63) is 181 Å². The fraction of sp³-hybridized carbons (Fsp3) is 0.102. The molecule has 9 rings (SSSR count). The Kier molecular flexibility index (Phi) is 10.3. The van der Waals surface area contributed by atoms with Gasteiger partial charge in [-0.25, -0.2) is 19.6 Å². The summed E-state index contributed by atoms with van der Waals surface area (Å²) < 4.78 is 25.8. The predicted molar refractivity (Wildman–Crippen MR) is 234 cm³/mol. The van der Waals surface area contributed by atoms with Crippen LogP contribution in [0.1, 0.15) is 22.3 Å². The van der Waals surface area contributed by atoms with E-state index in [-0.39, 0.29) is 26.4 Å². The SMILES string of the molecule is C=CC(=O)OCCOc1cc(C2(c3ccc(-c4nc5ccccc5s4)c(OCCOC(=O)C=C)c3)c3ccccc3-c3ccccc32)ccc1-c1nc2ccccc2s1. The topological polar surface area (TPSA) is 96.8 Å². The quantitative estimate of drug-likeness (QED) is 0.0608. The van der Waals surface area contributed by atoms with Gasteiger partial charge in [-0.3, -0.25) is 0 Å². The van der Waals surface area contributed by atoms with Crippen molar-refractivity contribution < 1.29 is 28.5 Å². The van der Waals surface area contributed by atoms with E-state index in [1.165, 1.54) is 0 Å². The van der Waals surface area contributed by atoms with Crippen molar-refractivity contribution in [3.8, 4) is 43.8 Å². The molecule has 8 nitrogen and oxygen atoms in total. The number of thiazole rings is 2. The van der Waals surface area contributed by atoms with Gasteiger partial charge in [0.05, 0.1) is 37.0 Å². The van der Waals surface area contributed by atoms with Crippen molar-refractivity contribution in [2.24, 2.45) is 0 Å². The summed E-state index contributed by atoms with van der Waals surface area (Å²) in [6.45, 7) is 7.35. The van der Waals surface area contributed by atoms with E-state index < -0.39 is 17.4 Å². The first-order valence-corrected chi connectivity index (χ1v) is 20.7. The van der Waals surface area contributed by atoms with Gasteiger partial charge in [-0.1, -0.05) is 98.1 Å². The van der Waals surface area contributed by atoms with Crippen molar-refractivity contribution in [1.29, 1.82) is 0 Å². The zero-order valence-corrected chi connectivity index (χ0v) is 33.4. The van der Waals surface area contributed by atoms with Crippen LogP contribution >= 0.6 is 22.7 Å². The number of hydrogen-bond donors (Lipinski definition) is 0. The number of carbonyl (C=O) groups excluding carboxylic acids is 2. The van der Waals surface area contributed by atoms with Crippen molar-refractivity contribution in [1.82, 2.24) is 9.97 Å². The van der Waals surface area contributed by atoms with Gasteiger partial charge in [0.2, 0.25) is 0 Å². The Bertz CT molecular complexity index is 2650. The molecule has 2 heterocycles. The number of carbonyl (C=O) groups is 2. The number of hydrogen-bond acceptors (Lipinski definition) is 10. The molecule has 0 fully saturated rings. The number of aromatic nitrogens is 2. The van der Waals surface area contributed by atoms with Crippen LogP contribution in [0.2, 0.25) is 0 Å². The fourth-order valence-corrected chi connectivity index (χ4v) is 9.80. The third-order valence-electron chi connectivity index (χ3n) is 10.3. The highest BCUT2D eigenvalue weighted by molar-refractivity contribution is 7.22. The van der Waals surface area contributed by atoms with Gasteiger partial charge >= 0.3 is 11.9 Å². The van der Waals surface area contributed by atoms with E-state index in [4.69, 9.17) is 28.9 Å². The molecule has 2 aromatic heterocycles. The van der Waals surface area contributed by atoms with E-state index in [9.17, 15) is 9.59 Å². The summed E-state index contributed by atoms with van der Waals surface area (Å²) in [4.78, 5) is 33.9. The molecule has 59 heavy (non-hydrogen) atoms. The van der Waals surface area contributed by atoms with Crippen molar-refractivity contribution >= 4 is 55.0 Å². The maximum absolute atomic E-state index is 11.9. The molecule has 8 aromatic rings. The van der Waals surface area contributed by atoms with Crippen molar-refractivity contribution in [2.75, 3.05) is 26.4 Å². The molecule has 290 valence electrons. The van der Waals surface area contributed by atoms with Gasteiger partial charge in [-0.15, -0.1) is 22.7 Å². The summed E-state index contributed by atoms with van der Waals surface area (Å²) in [5.74, 6) is 0.171. The monoisotopic (exact) mass is 812 g/mol. The van der Waals surface area contributed by atoms with Gasteiger partial charge in [0, 0.05) is 12.2 Å². The van der Waals surface area contributed by atoms with Crippen molar-refractivity contribution in [3.63, 3.8) is 0 Å². The van der Waals surface area contributed by atoms with Crippen molar-refractivity contribution in [2.45, 2.75) is 5.41 Å². The Labute approximate surface area is 348 Å². The Balaban J connectivity index is 1.24. The van der Waals surface area contributed by atoms with E-state index >= 15 is 0 Å². The highest BCUT2D eigenvalue weighted by atomic mass is 32.1. The zero-order valence-electron chi connectivity index (χ0n) is 31.8. The molecule has 10 heteroatoms. The second-order valence-corrected chi connectivity index (χ2v) is 15.7. The van der Waals surface area contributed by atoms with Gasteiger partial charge in [0.25, 0.3) is 0 Å². The molecule has 0 unspecified atom stereocenters. The largest absolute Gasteiger partial charge is 0.489 e. The standard InChI is InChI=1S/C49H36N2O6S2/c1-3-45(52)56-27-25-54-41-29-31(21-23-35(41)47-50-39-17-9-11-19-43(39)58-47)49(37-15-7-5-13-33(37)34-14-6-8-16-38(34)49)32-22-24-36(42(30-32)55-26-28-57-46(53)4-2)48-51-40-18-10-12-20-44(40)59-48/h3-24,29-30H,1-2,25-28H2. The number of nitrogens with zero attached hydrogens (tertiary/aromatic N) is 2. The van der Waals surface area contributed by atoms with Gasteiger partial charge in [0.15, 0.2) is 0 Å². The highest BCUT2D eigenvalue weighted by Crippen LogP contribution is 2.57. The zero-order chi connectivity index (χ0) is 40.3. The van der Waals surface area contributed by atoms with E-state index in [0.29, 0.717) is 11.5 Å². The number of fused-ring (bicyclic) bond motifs is 5. The van der Waals surface area contributed by atoms with Crippen LogP contribution < -0.4 is 9.47 Å². The lowest BCUT2D eigenvalue weighted by Gasteiger charge is -2.34. The lowest BCUT2D eigenvalue weighted by Crippen LogP contribution is -2.29. The summed E-state index contributed by atoms with van der Waals surface area (Å²) in [5.41, 5.74) is 8.94. The summed E-state index contributed by atoms with van der Waals surface area (Å²) in [7, 11) is 0. The van der Waals surface area contributed by atoms with E-state index in [2.05, 4.69) is 110 Å². The Hall–Kier alpha value is -6.88. The van der Waals surface area contributed by atoms with Crippen LogP contribution in [-0.4, -0.2) is 48.3 Å². The summed E-state index contributed by atoms with van der Waals surface area (Å²) >= 11 is 3.18. The molecule has 6 aromatic carbocycles. The van der Waals surface area contributed by atoms with Gasteiger partial charge in [-0.05, 0) is 81.9 Å². The third kappa shape index (κ3) is 6.96. The highest BCUT2D eigenvalue weighted by Gasteiger charge is 2.46. The Morgan fingerprint density at radius 1 is 0.525 bits per heavy atom. The van der Waals surface area contributed by atoms with Crippen LogP contribution in [-0.2, 0) is 24.5 Å². The fourth-order valence-electron chi connectivity index (χ4n) is 7.81. The van der Waals surface area contributed by atoms with Crippen LogP contribution in [0.3, 0.4) is 0 Å². The Morgan fingerprint density at radius 3 is 1.39 bits per heavy atom. The second kappa shape index (κ2) is 16.2. The molecular weight excluding hydrogens is 777 g/mol. The lowest BCUT2D eigenvalue weighted by molar-refractivity contribution is -0.139. The number of para-hydroxylation sites is 2. The molecule has 0 atom stereocenters. The minimum atomic E-state index is -0.841.